The first kappa shape index (κ1) is 22.4. The summed E-state index contributed by atoms with van der Waals surface area (Å²) in [5, 5.41) is 10.3. The van der Waals surface area contributed by atoms with Gasteiger partial charge in [0, 0.05) is 0 Å². The number of hydrogen-bond acceptors (Lipinski definition) is 5. The van der Waals surface area contributed by atoms with Crippen LogP contribution < -0.4 is 19.3 Å². The largest absolute Gasteiger partial charge is 0.495 e. The van der Waals surface area contributed by atoms with Crippen molar-refractivity contribution in [2.45, 2.75) is 20.0 Å². The van der Waals surface area contributed by atoms with Crippen molar-refractivity contribution >= 4 is 5.69 Å². The maximum Gasteiger partial charge on any atom is 0.142 e. The first-order valence-corrected chi connectivity index (χ1v) is 10.7. The summed E-state index contributed by atoms with van der Waals surface area (Å²) in [7, 11) is 1.71. The third-order valence-electron chi connectivity index (χ3n) is 5.71. The van der Waals surface area contributed by atoms with Crippen LogP contribution in [0, 0.1) is 13.8 Å². The van der Waals surface area contributed by atoms with Crippen LogP contribution in [-0.4, -0.2) is 70.9 Å². The monoisotopic (exact) mass is 415 g/mol. The fourth-order valence-corrected chi connectivity index (χ4v) is 3.79. The third kappa shape index (κ3) is 6.36. The molecule has 6 nitrogen and oxygen atoms in total. The van der Waals surface area contributed by atoms with E-state index >= 15 is 0 Å². The lowest BCUT2D eigenvalue weighted by Crippen LogP contribution is -3.16. The molecule has 2 aromatic rings. The Morgan fingerprint density at radius 3 is 2.53 bits per heavy atom. The smallest absolute Gasteiger partial charge is 0.142 e. The summed E-state index contributed by atoms with van der Waals surface area (Å²) in [4.78, 5) is 3.76. The number of methoxy groups -OCH3 is 1. The second kappa shape index (κ2) is 11.2. The molecule has 0 spiro atoms. The topological polar surface area (TPSA) is 55.6 Å². The lowest BCUT2D eigenvalue weighted by Gasteiger charge is -2.35. The molecule has 1 aliphatic rings. The van der Waals surface area contributed by atoms with E-state index in [9.17, 15) is 5.11 Å². The molecule has 0 amide bonds. The number of piperazine rings is 1. The van der Waals surface area contributed by atoms with Gasteiger partial charge in [-0.2, -0.15) is 0 Å². The molecule has 0 radical (unpaired) electrons. The average Bonchev–Trinajstić information content (AvgIpc) is 2.76. The minimum absolute atomic E-state index is 0.343. The molecular weight excluding hydrogens is 380 g/mol. The zero-order valence-electron chi connectivity index (χ0n) is 18.4. The maximum absolute atomic E-state index is 10.3. The molecular formula is C24H35N2O4+. The van der Waals surface area contributed by atoms with Crippen LogP contribution >= 0.6 is 0 Å². The molecule has 1 saturated heterocycles. The molecule has 1 atom stereocenters. The average molecular weight is 416 g/mol. The quantitative estimate of drug-likeness (QED) is 0.576. The van der Waals surface area contributed by atoms with Crippen molar-refractivity contribution in [3.05, 3.63) is 53.6 Å². The van der Waals surface area contributed by atoms with Crippen molar-refractivity contribution in [3.63, 3.8) is 0 Å². The molecule has 0 unspecified atom stereocenters. The number of para-hydroxylation sites is 2. The number of ether oxygens (including phenoxy) is 3. The molecule has 30 heavy (non-hydrogen) atoms. The number of anilines is 1. The Kier molecular flexibility index (Phi) is 8.37. The molecule has 0 bridgehead atoms. The van der Waals surface area contributed by atoms with Crippen LogP contribution in [0.25, 0.3) is 0 Å². The Morgan fingerprint density at radius 2 is 1.80 bits per heavy atom. The number of hydrogen-bond donors (Lipinski definition) is 2. The van der Waals surface area contributed by atoms with Gasteiger partial charge in [-0.1, -0.05) is 18.2 Å². The van der Waals surface area contributed by atoms with Gasteiger partial charge in [0.05, 0.1) is 52.2 Å². The second-order valence-corrected chi connectivity index (χ2v) is 7.94. The minimum atomic E-state index is -0.459. The van der Waals surface area contributed by atoms with Crippen molar-refractivity contribution in [3.8, 4) is 11.5 Å². The van der Waals surface area contributed by atoms with Crippen molar-refractivity contribution < 1.29 is 24.2 Å². The highest BCUT2D eigenvalue weighted by Gasteiger charge is 2.24. The Hall–Kier alpha value is -2.28. The van der Waals surface area contributed by atoms with E-state index < -0.39 is 6.10 Å². The van der Waals surface area contributed by atoms with Gasteiger partial charge < -0.3 is 29.1 Å². The van der Waals surface area contributed by atoms with E-state index in [4.69, 9.17) is 14.2 Å². The zero-order chi connectivity index (χ0) is 21.3. The highest BCUT2D eigenvalue weighted by molar-refractivity contribution is 5.58. The second-order valence-electron chi connectivity index (χ2n) is 7.94. The summed E-state index contributed by atoms with van der Waals surface area (Å²) in [6.45, 7) is 10.1. The first-order chi connectivity index (χ1) is 14.6. The van der Waals surface area contributed by atoms with Gasteiger partial charge in [-0.05, 0) is 49.2 Å². The molecule has 6 heteroatoms. The van der Waals surface area contributed by atoms with Gasteiger partial charge in [-0.25, -0.2) is 0 Å². The number of aliphatic hydroxyl groups excluding tert-OH is 1. The van der Waals surface area contributed by atoms with E-state index in [0.717, 1.165) is 43.4 Å². The molecule has 0 aliphatic carbocycles. The van der Waals surface area contributed by atoms with Crippen LogP contribution in [-0.2, 0) is 4.74 Å². The number of rotatable bonds is 10. The van der Waals surface area contributed by atoms with E-state index in [2.05, 4.69) is 30.9 Å². The summed E-state index contributed by atoms with van der Waals surface area (Å²) in [5.74, 6) is 1.78. The van der Waals surface area contributed by atoms with Crippen LogP contribution in [0.5, 0.6) is 11.5 Å². The molecule has 1 fully saturated rings. The lowest BCUT2D eigenvalue weighted by molar-refractivity contribution is -0.903. The van der Waals surface area contributed by atoms with E-state index in [-0.39, 0.29) is 0 Å². The fraction of sp³-hybridized carbons (Fsp3) is 0.500. The van der Waals surface area contributed by atoms with Crippen LogP contribution in [0.4, 0.5) is 5.69 Å². The molecule has 0 saturated carbocycles. The minimum Gasteiger partial charge on any atom is -0.495 e. The zero-order valence-corrected chi connectivity index (χ0v) is 18.4. The number of nitrogens with zero attached hydrogens (tertiary/aromatic N) is 1. The molecule has 2 N–H and O–H groups in total. The van der Waals surface area contributed by atoms with Gasteiger partial charge in [0.2, 0.25) is 0 Å². The molecule has 1 aliphatic heterocycles. The SMILES string of the molecule is COc1ccccc1N1CC[NH+](C[C@@H](O)COCCOc2ccc(C)c(C)c2)CC1. The van der Waals surface area contributed by atoms with Gasteiger partial charge in [0.15, 0.2) is 0 Å². The summed E-state index contributed by atoms with van der Waals surface area (Å²) in [5.41, 5.74) is 3.62. The van der Waals surface area contributed by atoms with Crippen molar-refractivity contribution in [1.82, 2.24) is 0 Å². The Labute approximate surface area is 180 Å². The number of benzene rings is 2. The lowest BCUT2D eigenvalue weighted by atomic mass is 10.1. The number of aryl methyl sites for hydroxylation is 2. The Morgan fingerprint density at radius 1 is 1.03 bits per heavy atom. The molecule has 3 rings (SSSR count). The predicted octanol–water partition coefficient (Wildman–Crippen LogP) is 1.47. The van der Waals surface area contributed by atoms with E-state index in [1.165, 1.54) is 16.0 Å². The third-order valence-corrected chi connectivity index (χ3v) is 5.71. The number of aliphatic hydroxyl groups is 1. The highest BCUT2D eigenvalue weighted by Crippen LogP contribution is 2.27. The fourth-order valence-electron chi connectivity index (χ4n) is 3.79. The molecule has 164 valence electrons. The summed E-state index contributed by atoms with van der Waals surface area (Å²) < 4.78 is 16.8. The summed E-state index contributed by atoms with van der Waals surface area (Å²) in [6, 6.07) is 14.2. The number of nitrogens with one attached hydrogen (secondary N) is 1. The van der Waals surface area contributed by atoms with Crippen LogP contribution in [0.15, 0.2) is 42.5 Å². The van der Waals surface area contributed by atoms with E-state index in [1.807, 2.05) is 30.3 Å². The van der Waals surface area contributed by atoms with Gasteiger partial charge >= 0.3 is 0 Å². The van der Waals surface area contributed by atoms with Gasteiger partial charge in [0.1, 0.15) is 30.8 Å². The molecule has 1 heterocycles. The van der Waals surface area contributed by atoms with E-state index in [0.29, 0.717) is 26.4 Å². The highest BCUT2D eigenvalue weighted by atomic mass is 16.5. The Bertz CT molecular complexity index is 791. The number of quaternary nitrogens is 1. The van der Waals surface area contributed by atoms with Crippen molar-refractivity contribution in [1.29, 1.82) is 0 Å². The van der Waals surface area contributed by atoms with Crippen molar-refractivity contribution in [2.24, 2.45) is 0 Å². The van der Waals surface area contributed by atoms with Crippen LogP contribution in [0.1, 0.15) is 11.1 Å². The predicted molar refractivity (Wildman–Crippen MR) is 119 cm³/mol. The molecule has 2 aromatic carbocycles. The van der Waals surface area contributed by atoms with Gasteiger partial charge in [0.25, 0.3) is 0 Å². The standard InChI is InChI=1S/C24H34N2O4/c1-19-8-9-22(16-20(19)2)30-15-14-29-18-21(27)17-25-10-12-26(13-11-25)23-6-4-5-7-24(23)28-3/h4-9,16,21,27H,10-15,17-18H2,1-3H3/p+1/t21-/m1/s1. The van der Waals surface area contributed by atoms with E-state index in [1.54, 1.807) is 7.11 Å². The Balaban J connectivity index is 1.31. The van der Waals surface area contributed by atoms with Gasteiger partial charge in [-0.3, -0.25) is 0 Å². The first-order valence-electron chi connectivity index (χ1n) is 10.7. The maximum atomic E-state index is 10.3. The summed E-state index contributed by atoms with van der Waals surface area (Å²) in [6.07, 6.45) is -0.459. The summed E-state index contributed by atoms with van der Waals surface area (Å²) >= 11 is 0. The molecule has 0 aromatic heterocycles. The van der Waals surface area contributed by atoms with Crippen LogP contribution in [0.3, 0.4) is 0 Å². The normalized spacial score (nSPS) is 15.8. The van der Waals surface area contributed by atoms with Gasteiger partial charge in [-0.15, -0.1) is 0 Å². The van der Waals surface area contributed by atoms with Crippen LogP contribution in [0.2, 0.25) is 0 Å². The van der Waals surface area contributed by atoms with Crippen molar-refractivity contribution in [2.75, 3.05) is 64.6 Å².